The van der Waals surface area contributed by atoms with Crippen LogP contribution in [-0.2, 0) is 7.05 Å². The van der Waals surface area contributed by atoms with Crippen LogP contribution in [0.25, 0.3) is 42.3 Å². The van der Waals surface area contributed by atoms with E-state index < -0.39 is 0 Å². The number of benzene rings is 2. The van der Waals surface area contributed by atoms with Gasteiger partial charge in [0.2, 0.25) is 17.3 Å². The summed E-state index contributed by atoms with van der Waals surface area (Å²) in [6.07, 6.45) is 0. The number of ketones is 2. The van der Waals surface area contributed by atoms with E-state index in [2.05, 4.69) is 59.9 Å². The quantitative estimate of drug-likeness (QED) is 0.254. The van der Waals surface area contributed by atoms with Crippen LogP contribution in [0.2, 0.25) is 0 Å². The summed E-state index contributed by atoms with van der Waals surface area (Å²) in [4.78, 5) is 33.2. The van der Waals surface area contributed by atoms with E-state index in [4.69, 9.17) is 4.42 Å². The molecule has 0 aliphatic heterocycles. The third-order valence-electron chi connectivity index (χ3n) is 6.74. The van der Waals surface area contributed by atoms with Gasteiger partial charge < -0.3 is 8.98 Å². The van der Waals surface area contributed by atoms with Gasteiger partial charge in [-0.3, -0.25) is 9.59 Å². The molecule has 0 bridgehead atoms. The van der Waals surface area contributed by atoms with Gasteiger partial charge in [-0.15, -0.1) is 22.7 Å². The fourth-order valence-corrected chi connectivity index (χ4v) is 7.78. The molecule has 0 amide bonds. The van der Waals surface area contributed by atoms with Crippen LogP contribution < -0.4 is 0 Å². The number of oxazole rings is 1. The Morgan fingerprint density at radius 1 is 0.882 bits per heavy atom. The van der Waals surface area contributed by atoms with Crippen molar-refractivity contribution >= 4 is 66.1 Å². The summed E-state index contributed by atoms with van der Waals surface area (Å²) in [5.41, 5.74) is 5.30. The van der Waals surface area contributed by atoms with Crippen LogP contribution in [-0.4, -0.2) is 21.1 Å². The Bertz CT molecular complexity index is 1890. The molecule has 0 fully saturated rings. The number of fused-ring (bicyclic) bond motifs is 7. The molecule has 4 heterocycles. The first kappa shape index (κ1) is 19.9. The summed E-state index contributed by atoms with van der Waals surface area (Å²) >= 11 is 3.06. The van der Waals surface area contributed by atoms with E-state index in [9.17, 15) is 9.59 Å². The highest BCUT2D eigenvalue weighted by Crippen LogP contribution is 2.49. The van der Waals surface area contributed by atoms with Gasteiger partial charge in [-0.25, -0.2) is 4.98 Å². The second-order valence-corrected chi connectivity index (χ2v) is 11.1. The first-order valence-corrected chi connectivity index (χ1v) is 12.6. The van der Waals surface area contributed by atoms with Crippen molar-refractivity contribution in [3.63, 3.8) is 0 Å². The largest absolute Gasteiger partial charge is 0.437 e. The van der Waals surface area contributed by atoms with Crippen LogP contribution in [0, 0.1) is 20.8 Å². The standard InChI is InChI=1S/C27H18N2O3S2/c1-11-5-7-15-16-8-6-14(10-18(16)29(4)17(15)9-11)25-27-19(12(2)33-25)20-22(30)21-24(32-13(3)28-21)23(31)26(20)34-27/h5-10H,1-4H3. The Balaban J connectivity index is 1.48. The highest BCUT2D eigenvalue weighted by molar-refractivity contribution is 7.28. The maximum atomic E-state index is 13.3. The minimum Gasteiger partial charge on any atom is -0.437 e. The van der Waals surface area contributed by atoms with Crippen molar-refractivity contribution in [2.45, 2.75) is 20.8 Å². The minimum atomic E-state index is -0.249. The van der Waals surface area contributed by atoms with E-state index in [0.29, 0.717) is 16.3 Å². The predicted octanol–water partition coefficient (Wildman–Crippen LogP) is 6.96. The van der Waals surface area contributed by atoms with E-state index >= 15 is 0 Å². The Hall–Kier alpha value is -3.55. The third-order valence-corrected chi connectivity index (χ3v) is 9.23. The molecule has 0 spiro atoms. The third kappa shape index (κ3) is 2.40. The molecule has 0 N–H and O–H groups in total. The lowest BCUT2D eigenvalue weighted by Gasteiger charge is -2.07. The molecule has 7 heteroatoms. The Morgan fingerprint density at radius 2 is 1.62 bits per heavy atom. The van der Waals surface area contributed by atoms with Crippen molar-refractivity contribution in [1.82, 2.24) is 9.55 Å². The monoisotopic (exact) mass is 482 g/mol. The van der Waals surface area contributed by atoms with Crippen molar-refractivity contribution in [3.05, 3.63) is 74.6 Å². The van der Waals surface area contributed by atoms with Gasteiger partial charge in [-0.05, 0) is 37.1 Å². The second-order valence-electron chi connectivity index (χ2n) is 8.88. The summed E-state index contributed by atoms with van der Waals surface area (Å²) in [6.45, 7) is 5.78. The zero-order chi connectivity index (χ0) is 23.5. The van der Waals surface area contributed by atoms with Crippen LogP contribution in [0.4, 0.5) is 0 Å². The lowest BCUT2D eigenvalue weighted by atomic mass is 9.95. The van der Waals surface area contributed by atoms with E-state index in [1.165, 1.54) is 33.2 Å². The fraction of sp³-hybridized carbons (Fsp3) is 0.148. The lowest BCUT2D eigenvalue weighted by Crippen LogP contribution is -2.18. The van der Waals surface area contributed by atoms with Gasteiger partial charge in [-0.1, -0.05) is 24.3 Å². The number of thiophene rings is 2. The number of carbonyl (C=O) groups is 2. The molecular formula is C27H18N2O3S2. The molecule has 34 heavy (non-hydrogen) atoms. The summed E-state index contributed by atoms with van der Waals surface area (Å²) in [6, 6.07) is 13.1. The molecule has 1 aliphatic carbocycles. The highest BCUT2D eigenvalue weighted by Gasteiger charge is 2.39. The average molecular weight is 483 g/mol. The zero-order valence-corrected chi connectivity index (χ0v) is 20.5. The van der Waals surface area contributed by atoms with Crippen LogP contribution in [0.15, 0.2) is 40.8 Å². The molecule has 0 unspecified atom stereocenters. The normalized spacial score (nSPS) is 13.4. The van der Waals surface area contributed by atoms with Gasteiger partial charge in [0.05, 0.1) is 20.0 Å². The van der Waals surface area contributed by atoms with Gasteiger partial charge >= 0.3 is 0 Å². The molecule has 4 aromatic heterocycles. The van der Waals surface area contributed by atoms with E-state index in [0.717, 1.165) is 30.9 Å². The molecule has 1 aliphatic rings. The smallest absolute Gasteiger partial charge is 0.241 e. The minimum absolute atomic E-state index is 0.0639. The topological polar surface area (TPSA) is 65.1 Å². The number of hydrogen-bond donors (Lipinski definition) is 0. The van der Waals surface area contributed by atoms with Crippen molar-refractivity contribution < 1.29 is 14.0 Å². The van der Waals surface area contributed by atoms with Crippen LogP contribution in [0.3, 0.4) is 0 Å². The molecule has 0 radical (unpaired) electrons. The van der Waals surface area contributed by atoms with E-state index in [-0.39, 0.29) is 23.0 Å². The van der Waals surface area contributed by atoms with Gasteiger partial charge in [0.15, 0.2) is 11.6 Å². The van der Waals surface area contributed by atoms with Gasteiger partial charge in [0.1, 0.15) is 0 Å². The van der Waals surface area contributed by atoms with Gasteiger partial charge in [0, 0.05) is 46.0 Å². The number of nitrogens with zero attached hydrogens (tertiary/aromatic N) is 2. The van der Waals surface area contributed by atoms with Gasteiger partial charge in [0.25, 0.3) is 0 Å². The summed E-state index contributed by atoms with van der Waals surface area (Å²) in [5.74, 6) is -0.0748. The van der Waals surface area contributed by atoms with Crippen molar-refractivity contribution in [2.24, 2.45) is 7.05 Å². The average Bonchev–Trinajstić information content (AvgIpc) is 3.55. The number of rotatable bonds is 1. The number of hydrogen-bond acceptors (Lipinski definition) is 6. The summed E-state index contributed by atoms with van der Waals surface area (Å²) in [5, 5.41) is 3.33. The molecule has 5 nitrogen and oxygen atoms in total. The molecule has 0 atom stereocenters. The van der Waals surface area contributed by atoms with Crippen LogP contribution >= 0.6 is 22.7 Å². The van der Waals surface area contributed by atoms with Crippen LogP contribution in [0.1, 0.15) is 47.8 Å². The number of carbonyl (C=O) groups excluding carboxylic acids is 2. The Labute approximate surface area is 202 Å². The first-order chi connectivity index (χ1) is 16.3. The van der Waals surface area contributed by atoms with Crippen LogP contribution in [0.5, 0.6) is 0 Å². The summed E-state index contributed by atoms with van der Waals surface area (Å²) in [7, 11) is 2.10. The SMILES string of the molecule is Cc1ccc2c3ccc(-c4sc(C)c5c6c(sc45)C(=O)c4oc(C)nc4C6=O)cc3n(C)c2c1. The number of aryl methyl sites for hydroxylation is 4. The fourth-order valence-electron chi connectivity index (χ4n) is 5.16. The summed E-state index contributed by atoms with van der Waals surface area (Å²) < 4.78 is 8.70. The molecular weight excluding hydrogens is 464 g/mol. The van der Waals surface area contributed by atoms with E-state index in [1.54, 1.807) is 18.3 Å². The Kier molecular flexibility index (Phi) is 3.81. The predicted molar refractivity (Wildman–Crippen MR) is 137 cm³/mol. The Morgan fingerprint density at radius 3 is 2.41 bits per heavy atom. The molecule has 6 aromatic rings. The van der Waals surface area contributed by atoms with Crippen molar-refractivity contribution in [1.29, 1.82) is 0 Å². The first-order valence-electron chi connectivity index (χ1n) is 11.0. The highest BCUT2D eigenvalue weighted by atomic mass is 32.1. The lowest BCUT2D eigenvalue weighted by molar-refractivity contribution is 0.0963. The maximum absolute atomic E-state index is 13.3. The molecule has 7 rings (SSSR count). The second kappa shape index (κ2) is 6.52. The van der Waals surface area contributed by atoms with Crippen molar-refractivity contribution in [2.75, 3.05) is 0 Å². The van der Waals surface area contributed by atoms with E-state index in [1.807, 2.05) is 6.92 Å². The van der Waals surface area contributed by atoms with Gasteiger partial charge in [-0.2, -0.15) is 0 Å². The maximum Gasteiger partial charge on any atom is 0.241 e. The molecule has 2 aromatic carbocycles. The van der Waals surface area contributed by atoms with Crippen molar-refractivity contribution in [3.8, 4) is 10.4 Å². The zero-order valence-electron chi connectivity index (χ0n) is 18.9. The molecule has 166 valence electrons. The molecule has 0 saturated heterocycles. The number of aromatic nitrogens is 2. The molecule has 0 saturated carbocycles.